The maximum Gasteiger partial charge on any atom is 0.242 e. The van der Waals surface area contributed by atoms with Gasteiger partial charge < -0.3 is 15.1 Å². The molecule has 0 spiro atoms. The van der Waals surface area contributed by atoms with Crippen LogP contribution in [0, 0.1) is 0 Å². The number of hydrogen-bond acceptors (Lipinski definition) is 3. The van der Waals surface area contributed by atoms with Crippen molar-refractivity contribution in [3.63, 3.8) is 0 Å². The summed E-state index contributed by atoms with van der Waals surface area (Å²) in [5.74, 6) is 0.103. The van der Waals surface area contributed by atoms with Crippen molar-refractivity contribution in [3.05, 3.63) is 55.1 Å². The van der Waals surface area contributed by atoms with Gasteiger partial charge in [0.15, 0.2) is 0 Å². The molecule has 0 atom stereocenters. The zero-order valence-electron chi connectivity index (χ0n) is 12.8. The van der Waals surface area contributed by atoms with E-state index in [0.717, 1.165) is 25.3 Å². The number of nitrogens with zero attached hydrogens (tertiary/aromatic N) is 2. The second-order valence-electron chi connectivity index (χ2n) is 5.10. The summed E-state index contributed by atoms with van der Waals surface area (Å²) in [5, 5.41) is 3.39. The first-order valence-electron chi connectivity index (χ1n) is 7.29. The van der Waals surface area contributed by atoms with E-state index in [1.807, 2.05) is 12.1 Å². The van der Waals surface area contributed by atoms with Crippen LogP contribution in [0.15, 0.2) is 49.6 Å². The lowest BCUT2D eigenvalue weighted by molar-refractivity contribution is -0.128. The summed E-state index contributed by atoms with van der Waals surface area (Å²) < 4.78 is 0. The zero-order valence-corrected chi connectivity index (χ0v) is 13.6. The van der Waals surface area contributed by atoms with E-state index in [2.05, 4.69) is 35.5 Å². The minimum Gasteiger partial charge on any atom is -0.361 e. The molecule has 0 fully saturated rings. The second-order valence-corrected chi connectivity index (χ2v) is 5.10. The zero-order chi connectivity index (χ0) is 15.1. The van der Waals surface area contributed by atoms with E-state index in [1.165, 1.54) is 5.56 Å². The largest absolute Gasteiger partial charge is 0.361 e. The van der Waals surface area contributed by atoms with Crippen LogP contribution in [0.2, 0.25) is 0 Å². The highest BCUT2D eigenvalue weighted by molar-refractivity contribution is 5.85. The number of carbonyl (C=O) groups is 1. The molecule has 0 bridgehead atoms. The average Bonchev–Trinajstić information content (AvgIpc) is 2.70. The summed E-state index contributed by atoms with van der Waals surface area (Å²) >= 11 is 0. The number of fused-ring (bicyclic) bond motifs is 1. The van der Waals surface area contributed by atoms with Crippen LogP contribution >= 0.6 is 12.4 Å². The van der Waals surface area contributed by atoms with Crippen LogP contribution in [0.4, 0.5) is 5.69 Å². The van der Waals surface area contributed by atoms with Gasteiger partial charge in [-0.3, -0.25) is 4.79 Å². The molecule has 0 aliphatic carbocycles. The van der Waals surface area contributed by atoms with Crippen molar-refractivity contribution in [3.8, 4) is 0 Å². The topological polar surface area (TPSA) is 35.6 Å². The fourth-order valence-electron chi connectivity index (χ4n) is 2.54. The third-order valence-electron chi connectivity index (χ3n) is 3.58. The van der Waals surface area contributed by atoms with Crippen molar-refractivity contribution in [2.75, 3.05) is 37.6 Å². The first-order chi connectivity index (χ1) is 10.3. The van der Waals surface area contributed by atoms with Crippen LogP contribution in [0.1, 0.15) is 5.56 Å². The molecule has 1 amide bonds. The highest BCUT2D eigenvalue weighted by Crippen LogP contribution is 2.21. The Morgan fingerprint density at radius 2 is 1.95 bits per heavy atom. The minimum absolute atomic E-state index is 0. The standard InChI is InChI=1S/C17H23N3O.ClH/c1-3-10-19(11-4-2)17(21)14-20-12-9-18-13-15-7-5-6-8-16(15)20;/h3-8,18H,1-2,9-14H2;1H. The maximum atomic E-state index is 12.5. The summed E-state index contributed by atoms with van der Waals surface area (Å²) in [5.41, 5.74) is 2.38. The molecule has 120 valence electrons. The van der Waals surface area contributed by atoms with Gasteiger partial charge in [-0.05, 0) is 11.6 Å². The van der Waals surface area contributed by atoms with Crippen LogP contribution in [-0.2, 0) is 11.3 Å². The van der Waals surface area contributed by atoms with Gasteiger partial charge in [0.05, 0.1) is 6.54 Å². The normalized spacial score (nSPS) is 13.4. The van der Waals surface area contributed by atoms with E-state index < -0.39 is 0 Å². The number of anilines is 1. The Kier molecular flexibility index (Phi) is 7.71. The van der Waals surface area contributed by atoms with Crippen LogP contribution < -0.4 is 10.2 Å². The van der Waals surface area contributed by atoms with Crippen molar-refractivity contribution in [2.45, 2.75) is 6.54 Å². The maximum absolute atomic E-state index is 12.5. The predicted molar refractivity (Wildman–Crippen MR) is 94.6 cm³/mol. The summed E-state index contributed by atoms with van der Waals surface area (Å²) in [7, 11) is 0. The number of hydrogen-bond donors (Lipinski definition) is 1. The number of para-hydroxylation sites is 1. The number of nitrogens with one attached hydrogen (secondary N) is 1. The summed E-state index contributed by atoms with van der Waals surface area (Å²) in [4.78, 5) is 16.4. The Morgan fingerprint density at radius 1 is 1.27 bits per heavy atom. The average molecular weight is 322 g/mol. The van der Waals surface area contributed by atoms with E-state index in [4.69, 9.17) is 0 Å². The van der Waals surface area contributed by atoms with Crippen molar-refractivity contribution in [2.24, 2.45) is 0 Å². The molecule has 1 N–H and O–H groups in total. The molecule has 0 unspecified atom stereocenters. The molecule has 1 aromatic carbocycles. The molecule has 1 aromatic rings. The van der Waals surface area contributed by atoms with Gasteiger partial charge in [-0.2, -0.15) is 0 Å². The Morgan fingerprint density at radius 3 is 2.64 bits per heavy atom. The number of carbonyl (C=O) groups excluding carboxylic acids is 1. The second kappa shape index (κ2) is 9.28. The molecule has 4 nitrogen and oxygen atoms in total. The SMILES string of the molecule is C=CCN(CC=C)C(=O)CN1CCNCc2ccccc21.Cl. The Balaban J connectivity index is 0.00000242. The number of amides is 1. The van der Waals surface area contributed by atoms with Gasteiger partial charge in [0, 0.05) is 38.4 Å². The predicted octanol–water partition coefficient (Wildman–Crippen LogP) is 2.22. The monoisotopic (exact) mass is 321 g/mol. The van der Waals surface area contributed by atoms with Gasteiger partial charge in [-0.1, -0.05) is 30.4 Å². The fraction of sp³-hybridized carbons (Fsp3) is 0.353. The molecule has 1 heterocycles. The Bertz CT molecular complexity index is 508. The smallest absolute Gasteiger partial charge is 0.242 e. The Hall–Kier alpha value is -1.78. The van der Waals surface area contributed by atoms with Crippen LogP contribution in [0.3, 0.4) is 0 Å². The van der Waals surface area contributed by atoms with Gasteiger partial charge in [0.1, 0.15) is 0 Å². The first-order valence-corrected chi connectivity index (χ1v) is 7.29. The van der Waals surface area contributed by atoms with Crippen molar-refractivity contribution < 1.29 is 4.79 Å². The molecular formula is C17H24ClN3O. The third kappa shape index (κ3) is 4.61. The Labute approximate surface area is 138 Å². The third-order valence-corrected chi connectivity index (χ3v) is 3.58. The lowest BCUT2D eigenvalue weighted by atomic mass is 10.1. The fourth-order valence-corrected chi connectivity index (χ4v) is 2.54. The molecule has 2 rings (SSSR count). The molecule has 0 saturated heterocycles. The highest BCUT2D eigenvalue weighted by atomic mass is 35.5. The van der Waals surface area contributed by atoms with Gasteiger partial charge in [-0.15, -0.1) is 25.6 Å². The van der Waals surface area contributed by atoms with Gasteiger partial charge in [0.25, 0.3) is 0 Å². The molecule has 1 aliphatic rings. The number of rotatable bonds is 6. The molecule has 0 saturated carbocycles. The first kappa shape index (κ1) is 18.3. The minimum atomic E-state index is 0. The van der Waals surface area contributed by atoms with E-state index in [-0.39, 0.29) is 18.3 Å². The molecule has 5 heteroatoms. The summed E-state index contributed by atoms with van der Waals surface area (Å²) in [6.07, 6.45) is 3.50. The van der Waals surface area contributed by atoms with E-state index >= 15 is 0 Å². The lowest BCUT2D eigenvalue weighted by Crippen LogP contribution is -2.42. The van der Waals surface area contributed by atoms with Gasteiger partial charge in [-0.25, -0.2) is 0 Å². The quantitative estimate of drug-likeness (QED) is 0.816. The number of benzene rings is 1. The van der Waals surface area contributed by atoms with Crippen molar-refractivity contribution >= 4 is 24.0 Å². The van der Waals surface area contributed by atoms with Crippen molar-refractivity contribution in [1.29, 1.82) is 0 Å². The molecule has 1 aliphatic heterocycles. The van der Waals surface area contributed by atoms with Crippen LogP contribution in [0.5, 0.6) is 0 Å². The highest BCUT2D eigenvalue weighted by Gasteiger charge is 2.19. The van der Waals surface area contributed by atoms with Crippen molar-refractivity contribution in [1.82, 2.24) is 10.2 Å². The van der Waals surface area contributed by atoms with E-state index in [1.54, 1.807) is 17.1 Å². The van der Waals surface area contributed by atoms with Gasteiger partial charge >= 0.3 is 0 Å². The molecular weight excluding hydrogens is 298 g/mol. The molecule has 22 heavy (non-hydrogen) atoms. The van der Waals surface area contributed by atoms with Gasteiger partial charge in [0.2, 0.25) is 5.91 Å². The van der Waals surface area contributed by atoms with E-state index in [9.17, 15) is 4.79 Å². The molecule has 0 aromatic heterocycles. The summed E-state index contributed by atoms with van der Waals surface area (Å²) in [6.45, 7) is 11.5. The lowest BCUT2D eigenvalue weighted by Gasteiger charge is -2.27. The van der Waals surface area contributed by atoms with E-state index in [0.29, 0.717) is 19.6 Å². The summed E-state index contributed by atoms with van der Waals surface area (Å²) in [6, 6.07) is 8.25. The van der Waals surface area contributed by atoms with Crippen LogP contribution in [0.25, 0.3) is 0 Å². The number of halogens is 1. The van der Waals surface area contributed by atoms with Crippen LogP contribution in [-0.4, -0.2) is 43.5 Å². The molecule has 0 radical (unpaired) electrons.